The van der Waals surface area contributed by atoms with Crippen LogP contribution in [0, 0.1) is 0 Å². The Kier molecular flexibility index (Phi) is 5.60. The molecule has 2 N–H and O–H groups in total. The Hall–Kier alpha value is -1.35. The van der Waals surface area contributed by atoms with Crippen molar-refractivity contribution in [2.24, 2.45) is 5.73 Å². The van der Waals surface area contributed by atoms with Crippen molar-refractivity contribution in [3.05, 3.63) is 35.9 Å². The van der Waals surface area contributed by atoms with E-state index < -0.39 is 0 Å². The van der Waals surface area contributed by atoms with Gasteiger partial charge in [0.1, 0.15) is 0 Å². The van der Waals surface area contributed by atoms with Crippen molar-refractivity contribution in [3.8, 4) is 0 Å². The second-order valence-corrected chi connectivity index (χ2v) is 5.81. The fourth-order valence-electron chi connectivity index (χ4n) is 3.19. The fraction of sp³-hybridized carbons (Fsp3) is 0.588. The third-order valence-corrected chi connectivity index (χ3v) is 4.29. The van der Waals surface area contributed by atoms with Crippen molar-refractivity contribution in [1.29, 1.82) is 0 Å². The minimum Gasteiger partial charge on any atom is -0.336 e. The number of nitrogens with zero attached hydrogens (tertiary/aromatic N) is 1. The summed E-state index contributed by atoms with van der Waals surface area (Å²) in [4.78, 5) is 14.5. The topological polar surface area (TPSA) is 46.3 Å². The molecule has 1 aromatic rings. The molecule has 1 saturated heterocycles. The van der Waals surface area contributed by atoms with Crippen LogP contribution in [-0.4, -0.2) is 29.4 Å². The van der Waals surface area contributed by atoms with Gasteiger partial charge in [-0.05, 0) is 44.6 Å². The number of carbonyl (C=O) groups excluding carboxylic acids is 1. The number of carbonyl (C=O) groups is 1. The predicted molar refractivity (Wildman–Crippen MR) is 82.4 cm³/mol. The third kappa shape index (κ3) is 3.83. The molecule has 3 nitrogen and oxygen atoms in total. The number of nitrogens with two attached hydrogens (primary N) is 1. The van der Waals surface area contributed by atoms with Crippen LogP contribution in [0.1, 0.15) is 44.6 Å². The number of likely N-dealkylation sites (tertiary alicyclic amines) is 1. The molecule has 1 aliphatic rings. The number of hydrogen-bond acceptors (Lipinski definition) is 2. The van der Waals surface area contributed by atoms with E-state index in [0.717, 1.165) is 25.7 Å². The Morgan fingerprint density at radius 1 is 1.30 bits per heavy atom. The Labute approximate surface area is 122 Å². The maximum Gasteiger partial charge on any atom is 0.223 e. The van der Waals surface area contributed by atoms with Crippen LogP contribution in [0.15, 0.2) is 30.3 Å². The van der Waals surface area contributed by atoms with Gasteiger partial charge in [0.05, 0.1) is 0 Å². The zero-order valence-corrected chi connectivity index (χ0v) is 12.4. The van der Waals surface area contributed by atoms with Crippen molar-refractivity contribution in [1.82, 2.24) is 4.90 Å². The summed E-state index contributed by atoms with van der Waals surface area (Å²) in [5.41, 5.74) is 7.13. The molecule has 1 aromatic carbocycles. The first-order valence-electron chi connectivity index (χ1n) is 7.77. The molecule has 0 spiro atoms. The smallest absolute Gasteiger partial charge is 0.223 e. The molecule has 2 unspecified atom stereocenters. The minimum absolute atomic E-state index is 0.253. The molecule has 3 heteroatoms. The summed E-state index contributed by atoms with van der Waals surface area (Å²) >= 11 is 0. The normalized spacial score (nSPS) is 22.8. The number of aryl methyl sites for hydroxylation is 1. The van der Waals surface area contributed by atoms with Gasteiger partial charge in [-0.1, -0.05) is 30.3 Å². The molecule has 1 fully saturated rings. The Morgan fingerprint density at radius 3 is 2.75 bits per heavy atom. The maximum absolute atomic E-state index is 12.4. The van der Waals surface area contributed by atoms with Gasteiger partial charge in [-0.3, -0.25) is 4.79 Å². The second kappa shape index (κ2) is 7.44. The molecule has 1 heterocycles. The lowest BCUT2D eigenvalue weighted by atomic mass is 9.95. The highest BCUT2D eigenvalue weighted by Gasteiger charge is 2.30. The lowest BCUT2D eigenvalue weighted by molar-refractivity contribution is -0.137. The maximum atomic E-state index is 12.4. The van der Waals surface area contributed by atoms with Gasteiger partial charge in [-0.15, -0.1) is 0 Å². The van der Waals surface area contributed by atoms with Gasteiger partial charge in [0.2, 0.25) is 5.91 Å². The largest absolute Gasteiger partial charge is 0.336 e. The van der Waals surface area contributed by atoms with Crippen LogP contribution in [0.3, 0.4) is 0 Å². The Balaban J connectivity index is 1.84. The molecule has 1 amide bonds. The Bertz CT molecular complexity index is 418. The molecular weight excluding hydrogens is 248 g/mol. The average molecular weight is 274 g/mol. The number of amides is 1. The summed E-state index contributed by atoms with van der Waals surface area (Å²) in [6.07, 6.45) is 5.89. The summed E-state index contributed by atoms with van der Waals surface area (Å²) in [7, 11) is 0. The first-order valence-corrected chi connectivity index (χ1v) is 7.77. The first kappa shape index (κ1) is 15.0. The van der Waals surface area contributed by atoms with Crippen molar-refractivity contribution in [2.75, 3.05) is 6.54 Å². The number of piperidine rings is 1. The van der Waals surface area contributed by atoms with E-state index in [-0.39, 0.29) is 11.9 Å². The fourth-order valence-corrected chi connectivity index (χ4v) is 3.19. The van der Waals surface area contributed by atoms with E-state index in [1.165, 1.54) is 12.0 Å². The van der Waals surface area contributed by atoms with E-state index in [9.17, 15) is 4.79 Å². The van der Waals surface area contributed by atoms with Crippen LogP contribution >= 0.6 is 0 Å². The van der Waals surface area contributed by atoms with Crippen LogP contribution in [-0.2, 0) is 11.2 Å². The summed E-state index contributed by atoms with van der Waals surface area (Å²) in [6, 6.07) is 11.0. The van der Waals surface area contributed by atoms with E-state index in [0.29, 0.717) is 19.0 Å². The van der Waals surface area contributed by atoms with Crippen molar-refractivity contribution < 1.29 is 4.79 Å². The lowest BCUT2D eigenvalue weighted by Crippen LogP contribution is -2.51. The molecular formula is C17H26N2O. The minimum atomic E-state index is 0.253. The van der Waals surface area contributed by atoms with E-state index in [1.54, 1.807) is 0 Å². The summed E-state index contributed by atoms with van der Waals surface area (Å²) in [5, 5.41) is 0. The van der Waals surface area contributed by atoms with Crippen LogP contribution in [0.4, 0.5) is 0 Å². The highest BCUT2D eigenvalue weighted by atomic mass is 16.2. The van der Waals surface area contributed by atoms with E-state index >= 15 is 0 Å². The van der Waals surface area contributed by atoms with Crippen LogP contribution in [0.5, 0.6) is 0 Å². The number of benzene rings is 1. The molecule has 0 aromatic heterocycles. The number of rotatable bonds is 5. The monoisotopic (exact) mass is 274 g/mol. The summed E-state index contributed by atoms with van der Waals surface area (Å²) in [6.45, 7) is 2.74. The van der Waals surface area contributed by atoms with Crippen LogP contribution in [0.25, 0.3) is 0 Å². The highest BCUT2D eigenvalue weighted by molar-refractivity contribution is 5.77. The number of hydrogen-bond donors (Lipinski definition) is 1. The van der Waals surface area contributed by atoms with E-state index in [2.05, 4.69) is 24.0 Å². The van der Waals surface area contributed by atoms with Gasteiger partial charge in [0, 0.05) is 25.0 Å². The highest BCUT2D eigenvalue weighted by Crippen LogP contribution is 2.23. The first-order chi connectivity index (χ1) is 9.72. The van der Waals surface area contributed by atoms with Gasteiger partial charge < -0.3 is 10.6 Å². The molecule has 2 rings (SSSR count). The van der Waals surface area contributed by atoms with Crippen molar-refractivity contribution in [3.63, 3.8) is 0 Å². The van der Waals surface area contributed by atoms with Gasteiger partial charge in [0.25, 0.3) is 0 Å². The van der Waals surface area contributed by atoms with Crippen molar-refractivity contribution >= 4 is 5.91 Å². The molecule has 2 atom stereocenters. The zero-order chi connectivity index (χ0) is 14.4. The van der Waals surface area contributed by atoms with Crippen molar-refractivity contribution in [2.45, 2.75) is 57.5 Å². The second-order valence-electron chi connectivity index (χ2n) is 5.81. The molecule has 0 radical (unpaired) electrons. The standard InChI is InChI=1S/C17H26N2O/c1-14-7-5-11-16(13-18)19(14)17(20)12-6-10-15-8-3-2-4-9-15/h2-4,8-9,14,16H,5-7,10-13,18H2,1H3. The summed E-state index contributed by atoms with van der Waals surface area (Å²) < 4.78 is 0. The SMILES string of the molecule is CC1CCCC(CN)N1C(=O)CCCc1ccccc1. The van der Waals surface area contributed by atoms with Crippen LogP contribution < -0.4 is 5.73 Å². The predicted octanol–water partition coefficient (Wildman–Crippen LogP) is 2.74. The van der Waals surface area contributed by atoms with Gasteiger partial charge >= 0.3 is 0 Å². The average Bonchev–Trinajstić information content (AvgIpc) is 2.47. The third-order valence-electron chi connectivity index (χ3n) is 4.29. The van der Waals surface area contributed by atoms with E-state index in [4.69, 9.17) is 5.73 Å². The molecule has 0 bridgehead atoms. The zero-order valence-electron chi connectivity index (χ0n) is 12.4. The van der Waals surface area contributed by atoms with Gasteiger partial charge in [-0.25, -0.2) is 0 Å². The lowest BCUT2D eigenvalue weighted by Gasteiger charge is -2.40. The molecule has 1 aliphatic heterocycles. The molecule has 20 heavy (non-hydrogen) atoms. The molecule has 0 saturated carbocycles. The van der Waals surface area contributed by atoms with Crippen LogP contribution in [0.2, 0.25) is 0 Å². The van der Waals surface area contributed by atoms with Gasteiger partial charge in [0.15, 0.2) is 0 Å². The Morgan fingerprint density at radius 2 is 2.05 bits per heavy atom. The quantitative estimate of drug-likeness (QED) is 0.897. The molecule has 110 valence electrons. The van der Waals surface area contributed by atoms with Gasteiger partial charge in [-0.2, -0.15) is 0 Å². The molecule has 0 aliphatic carbocycles. The summed E-state index contributed by atoms with van der Waals surface area (Å²) in [5.74, 6) is 0.281. The van der Waals surface area contributed by atoms with E-state index in [1.807, 2.05) is 18.2 Å².